The first-order chi connectivity index (χ1) is 10.3. The lowest BCUT2D eigenvalue weighted by molar-refractivity contribution is 0.105. The molecule has 0 heterocycles. The van der Waals surface area contributed by atoms with Crippen molar-refractivity contribution in [3.63, 3.8) is 0 Å². The molecule has 0 unspecified atom stereocenters. The molecular weight excluding hydrogens is 260 g/mol. The predicted molar refractivity (Wildman–Crippen MR) is 86.7 cm³/mol. The monoisotopic (exact) mass is 284 g/mol. The molecule has 0 aliphatic carbocycles. The summed E-state index contributed by atoms with van der Waals surface area (Å²) in [4.78, 5) is 2.30. The minimum absolute atomic E-state index is 0.0930. The Kier molecular flexibility index (Phi) is 6.41. The third-order valence-corrected chi connectivity index (χ3v) is 3.68. The number of nitrogens with two attached hydrogens (primary N) is 1. The Morgan fingerprint density at radius 2 is 1.33 bits per heavy atom. The number of aliphatic hydroxyl groups is 1. The van der Waals surface area contributed by atoms with E-state index in [0.717, 1.165) is 19.5 Å². The van der Waals surface area contributed by atoms with E-state index in [-0.39, 0.29) is 12.6 Å². The van der Waals surface area contributed by atoms with Gasteiger partial charge in [-0.05, 0) is 24.1 Å². The largest absolute Gasteiger partial charge is 0.395 e. The molecule has 0 fully saturated rings. The van der Waals surface area contributed by atoms with E-state index in [1.165, 1.54) is 11.1 Å². The molecule has 0 aliphatic heterocycles. The Bertz CT molecular complexity index is 460. The van der Waals surface area contributed by atoms with Crippen molar-refractivity contribution < 1.29 is 5.11 Å². The highest BCUT2D eigenvalue weighted by molar-refractivity contribution is 5.17. The maximum Gasteiger partial charge on any atom is 0.0587 e. The Balaban J connectivity index is 2.13. The normalized spacial score (nSPS) is 12.5. The standard InChI is InChI=1S/C18H24N2O/c19-12-11-18(15-21)20(13-16-7-3-1-4-8-16)14-17-9-5-2-6-10-17/h1-10,18,21H,11-15,19H2/t18-/m1/s1. The smallest absolute Gasteiger partial charge is 0.0587 e. The van der Waals surface area contributed by atoms with Crippen molar-refractivity contribution in [2.24, 2.45) is 5.73 Å². The molecule has 2 rings (SSSR count). The van der Waals surface area contributed by atoms with Crippen LogP contribution in [0.25, 0.3) is 0 Å². The van der Waals surface area contributed by atoms with Crippen LogP contribution in [0.3, 0.4) is 0 Å². The van der Waals surface area contributed by atoms with Crippen LogP contribution in [0.4, 0.5) is 0 Å². The summed E-state index contributed by atoms with van der Waals surface area (Å²) in [5.41, 5.74) is 8.20. The SMILES string of the molecule is NCC[C@H](CO)N(Cc1ccccc1)Cc1ccccc1. The molecule has 0 aliphatic rings. The third-order valence-electron chi connectivity index (χ3n) is 3.68. The van der Waals surface area contributed by atoms with Crippen molar-refractivity contribution in [1.29, 1.82) is 0 Å². The van der Waals surface area contributed by atoms with Crippen LogP contribution in [0.15, 0.2) is 60.7 Å². The van der Waals surface area contributed by atoms with Gasteiger partial charge in [0.2, 0.25) is 0 Å². The van der Waals surface area contributed by atoms with E-state index in [1.807, 2.05) is 36.4 Å². The van der Waals surface area contributed by atoms with Gasteiger partial charge in [0.1, 0.15) is 0 Å². The first kappa shape index (κ1) is 15.7. The van der Waals surface area contributed by atoms with E-state index in [1.54, 1.807) is 0 Å². The van der Waals surface area contributed by atoms with Crippen LogP contribution in [0.5, 0.6) is 0 Å². The molecule has 21 heavy (non-hydrogen) atoms. The Morgan fingerprint density at radius 1 is 0.857 bits per heavy atom. The van der Waals surface area contributed by atoms with Crippen molar-refractivity contribution in [3.8, 4) is 0 Å². The summed E-state index contributed by atoms with van der Waals surface area (Å²) >= 11 is 0. The first-order valence-electron chi connectivity index (χ1n) is 7.46. The minimum Gasteiger partial charge on any atom is -0.395 e. The lowest BCUT2D eigenvalue weighted by Crippen LogP contribution is -2.38. The highest BCUT2D eigenvalue weighted by Gasteiger charge is 2.17. The van der Waals surface area contributed by atoms with Crippen molar-refractivity contribution in [2.45, 2.75) is 25.6 Å². The van der Waals surface area contributed by atoms with Gasteiger partial charge in [-0.2, -0.15) is 0 Å². The molecular formula is C18H24N2O. The van der Waals surface area contributed by atoms with E-state index < -0.39 is 0 Å². The van der Waals surface area contributed by atoms with Crippen molar-refractivity contribution in [3.05, 3.63) is 71.8 Å². The van der Waals surface area contributed by atoms with Gasteiger partial charge in [-0.15, -0.1) is 0 Å². The van der Waals surface area contributed by atoms with Crippen LogP contribution >= 0.6 is 0 Å². The van der Waals surface area contributed by atoms with E-state index >= 15 is 0 Å². The summed E-state index contributed by atoms with van der Waals surface area (Å²) in [6.45, 7) is 2.37. The van der Waals surface area contributed by atoms with Gasteiger partial charge in [0.05, 0.1) is 6.61 Å². The molecule has 0 radical (unpaired) electrons. The Hall–Kier alpha value is -1.68. The average molecular weight is 284 g/mol. The van der Waals surface area contributed by atoms with Crippen LogP contribution in [0, 0.1) is 0 Å². The zero-order chi connectivity index (χ0) is 14.9. The maximum atomic E-state index is 9.69. The molecule has 3 N–H and O–H groups in total. The lowest BCUT2D eigenvalue weighted by Gasteiger charge is -2.30. The molecule has 2 aromatic rings. The van der Waals surface area contributed by atoms with Crippen LogP contribution < -0.4 is 5.73 Å². The summed E-state index contributed by atoms with van der Waals surface area (Å²) in [6, 6.07) is 20.8. The zero-order valence-corrected chi connectivity index (χ0v) is 12.4. The Morgan fingerprint density at radius 3 is 1.71 bits per heavy atom. The molecule has 1 atom stereocenters. The molecule has 112 valence electrons. The molecule has 0 spiro atoms. The second-order valence-electron chi connectivity index (χ2n) is 5.29. The fraction of sp³-hybridized carbons (Fsp3) is 0.333. The second kappa shape index (κ2) is 8.57. The van der Waals surface area contributed by atoms with Gasteiger partial charge in [0.25, 0.3) is 0 Å². The average Bonchev–Trinajstić information content (AvgIpc) is 2.54. The predicted octanol–water partition coefficient (Wildman–Crippen LogP) is 2.40. The number of benzene rings is 2. The van der Waals surface area contributed by atoms with Gasteiger partial charge < -0.3 is 10.8 Å². The van der Waals surface area contributed by atoms with E-state index in [9.17, 15) is 5.11 Å². The second-order valence-corrected chi connectivity index (χ2v) is 5.29. The molecule has 2 aromatic carbocycles. The molecule has 3 heteroatoms. The van der Waals surface area contributed by atoms with Gasteiger partial charge >= 0.3 is 0 Å². The van der Waals surface area contributed by atoms with Gasteiger partial charge in [0.15, 0.2) is 0 Å². The highest BCUT2D eigenvalue weighted by atomic mass is 16.3. The fourth-order valence-electron chi connectivity index (χ4n) is 2.53. The topological polar surface area (TPSA) is 49.5 Å². The highest BCUT2D eigenvalue weighted by Crippen LogP contribution is 2.15. The number of hydrogen-bond donors (Lipinski definition) is 2. The van der Waals surface area contributed by atoms with Gasteiger partial charge in [-0.3, -0.25) is 4.90 Å². The summed E-state index contributed by atoms with van der Waals surface area (Å²) in [6.07, 6.45) is 0.802. The summed E-state index contributed by atoms with van der Waals surface area (Å²) in [5, 5.41) is 9.69. The van der Waals surface area contributed by atoms with Crippen molar-refractivity contribution in [2.75, 3.05) is 13.2 Å². The van der Waals surface area contributed by atoms with Crippen LogP contribution in [-0.4, -0.2) is 29.2 Å². The zero-order valence-electron chi connectivity index (χ0n) is 12.4. The summed E-state index contributed by atoms with van der Waals surface area (Å²) in [5.74, 6) is 0. The van der Waals surface area contributed by atoms with Gasteiger partial charge in [-0.25, -0.2) is 0 Å². The summed E-state index contributed by atoms with van der Waals surface area (Å²) in [7, 11) is 0. The quantitative estimate of drug-likeness (QED) is 0.782. The fourth-order valence-corrected chi connectivity index (χ4v) is 2.53. The van der Waals surface area contributed by atoms with E-state index in [4.69, 9.17) is 5.73 Å². The van der Waals surface area contributed by atoms with Crippen LogP contribution in [-0.2, 0) is 13.1 Å². The lowest BCUT2D eigenvalue weighted by atomic mass is 10.1. The van der Waals surface area contributed by atoms with Gasteiger partial charge in [0, 0.05) is 19.1 Å². The number of rotatable bonds is 8. The van der Waals surface area contributed by atoms with E-state index in [2.05, 4.69) is 29.2 Å². The number of hydrogen-bond acceptors (Lipinski definition) is 3. The molecule has 0 aromatic heterocycles. The van der Waals surface area contributed by atoms with Crippen LogP contribution in [0.2, 0.25) is 0 Å². The number of aliphatic hydroxyl groups excluding tert-OH is 1. The van der Waals surface area contributed by atoms with Crippen molar-refractivity contribution in [1.82, 2.24) is 4.90 Å². The van der Waals surface area contributed by atoms with Crippen molar-refractivity contribution >= 4 is 0 Å². The number of nitrogens with zero attached hydrogens (tertiary/aromatic N) is 1. The Labute approximate surface area is 127 Å². The molecule has 0 bridgehead atoms. The third kappa shape index (κ3) is 4.97. The first-order valence-corrected chi connectivity index (χ1v) is 7.46. The molecule has 0 amide bonds. The van der Waals surface area contributed by atoms with E-state index in [0.29, 0.717) is 6.54 Å². The minimum atomic E-state index is 0.0930. The summed E-state index contributed by atoms with van der Waals surface area (Å²) < 4.78 is 0. The molecule has 0 saturated heterocycles. The van der Waals surface area contributed by atoms with Crippen LogP contribution in [0.1, 0.15) is 17.5 Å². The molecule has 0 saturated carbocycles. The van der Waals surface area contributed by atoms with Gasteiger partial charge in [-0.1, -0.05) is 60.7 Å². The molecule has 3 nitrogen and oxygen atoms in total. The maximum absolute atomic E-state index is 9.69.